The van der Waals surface area contributed by atoms with Gasteiger partial charge in [0.2, 0.25) is 11.8 Å². The van der Waals surface area contributed by atoms with Crippen LogP contribution in [0, 0.1) is 29.1 Å². The first-order valence-electron chi connectivity index (χ1n) is 8.90. The van der Waals surface area contributed by atoms with E-state index in [1.165, 1.54) is 19.9 Å². The number of ether oxygens (including phenoxy) is 1. The highest BCUT2D eigenvalue weighted by atomic mass is 19.4. The second kappa shape index (κ2) is 5.78. The summed E-state index contributed by atoms with van der Waals surface area (Å²) in [6.07, 6.45) is -6.07. The maximum absolute atomic E-state index is 13.3. The topological polar surface area (TPSA) is 111 Å². The van der Waals surface area contributed by atoms with E-state index in [1.807, 2.05) is 0 Å². The van der Waals surface area contributed by atoms with Crippen molar-refractivity contribution in [2.24, 2.45) is 17.8 Å². The number of nitriles is 1. The highest BCUT2D eigenvalue weighted by Gasteiger charge is 2.79. The van der Waals surface area contributed by atoms with Crippen molar-refractivity contribution in [2.75, 3.05) is 11.5 Å². The predicted molar refractivity (Wildman–Crippen MR) is 90.1 cm³/mol. The molecule has 3 aliphatic heterocycles. The molecule has 0 spiro atoms. The summed E-state index contributed by atoms with van der Waals surface area (Å²) in [5, 5.41) is 29.2. The van der Waals surface area contributed by atoms with Crippen LogP contribution >= 0.6 is 0 Å². The average Bonchev–Trinajstić information content (AvgIpc) is 3.13. The number of benzene rings is 1. The highest BCUT2D eigenvalue weighted by molar-refractivity contribution is 6.23. The number of halogens is 3. The minimum absolute atomic E-state index is 0.303. The minimum atomic E-state index is -4.85. The number of carbonyl (C=O) groups excluding carboxylic acids is 2. The zero-order valence-electron chi connectivity index (χ0n) is 15.4. The third kappa shape index (κ3) is 2.29. The van der Waals surface area contributed by atoms with Crippen molar-refractivity contribution < 1.29 is 37.7 Å². The van der Waals surface area contributed by atoms with Crippen LogP contribution in [0.3, 0.4) is 0 Å². The number of imide groups is 1. The summed E-state index contributed by atoms with van der Waals surface area (Å²) < 4.78 is 45.8. The first-order valence-corrected chi connectivity index (χ1v) is 8.90. The smallest absolute Gasteiger partial charge is 0.396 e. The number of fused-ring (bicyclic) bond motifs is 5. The van der Waals surface area contributed by atoms with Gasteiger partial charge >= 0.3 is 6.18 Å². The molecule has 1 aromatic carbocycles. The van der Waals surface area contributed by atoms with E-state index in [0.717, 1.165) is 12.1 Å². The van der Waals surface area contributed by atoms with E-state index in [4.69, 9.17) is 10.00 Å². The fourth-order valence-electron chi connectivity index (χ4n) is 5.23. The summed E-state index contributed by atoms with van der Waals surface area (Å²) >= 11 is 0. The molecule has 3 unspecified atom stereocenters. The van der Waals surface area contributed by atoms with Gasteiger partial charge in [0, 0.05) is 5.92 Å². The molecule has 4 rings (SSSR count). The maximum Gasteiger partial charge on any atom is 0.417 e. The molecule has 3 saturated heterocycles. The van der Waals surface area contributed by atoms with E-state index in [1.54, 1.807) is 0 Å². The molecule has 0 saturated carbocycles. The molecule has 3 heterocycles. The number of hydrogen-bond donors (Lipinski definition) is 2. The van der Waals surface area contributed by atoms with Crippen LogP contribution in [0.2, 0.25) is 0 Å². The molecule has 29 heavy (non-hydrogen) atoms. The number of aliphatic hydroxyl groups is 2. The quantitative estimate of drug-likeness (QED) is 0.710. The number of hydrogen-bond acceptors (Lipinski definition) is 6. The van der Waals surface area contributed by atoms with Crippen LogP contribution < -0.4 is 4.90 Å². The lowest BCUT2D eigenvalue weighted by Crippen LogP contribution is -2.55. The molecule has 1 aromatic rings. The molecular formula is C19H17F3N2O5. The summed E-state index contributed by atoms with van der Waals surface area (Å²) in [5.41, 5.74) is -4.97. The molecule has 0 aliphatic carbocycles. The highest BCUT2D eigenvalue weighted by Crippen LogP contribution is 2.63. The van der Waals surface area contributed by atoms with Gasteiger partial charge in [0.05, 0.1) is 53.0 Å². The van der Waals surface area contributed by atoms with E-state index >= 15 is 0 Å². The number of alkyl halides is 3. The molecule has 0 radical (unpaired) electrons. The van der Waals surface area contributed by atoms with Gasteiger partial charge in [-0.15, -0.1) is 0 Å². The number of nitrogens with zero attached hydrogens (tertiary/aromatic N) is 2. The monoisotopic (exact) mass is 410 g/mol. The van der Waals surface area contributed by atoms with Crippen LogP contribution in [-0.4, -0.2) is 45.9 Å². The largest absolute Gasteiger partial charge is 0.417 e. The van der Waals surface area contributed by atoms with Crippen molar-refractivity contribution in [3.8, 4) is 6.07 Å². The van der Waals surface area contributed by atoms with Gasteiger partial charge in [-0.1, -0.05) is 0 Å². The van der Waals surface area contributed by atoms with Crippen molar-refractivity contribution in [1.29, 1.82) is 5.26 Å². The van der Waals surface area contributed by atoms with E-state index in [2.05, 4.69) is 0 Å². The Kier molecular flexibility index (Phi) is 3.95. The summed E-state index contributed by atoms with van der Waals surface area (Å²) in [5.74, 6) is -4.50. The lowest BCUT2D eigenvalue weighted by atomic mass is 9.62. The molecule has 6 atom stereocenters. The number of rotatable bonds is 2. The predicted octanol–water partition coefficient (Wildman–Crippen LogP) is 1.21. The molecule has 154 valence electrons. The third-order valence-electron chi connectivity index (χ3n) is 6.57. The van der Waals surface area contributed by atoms with Gasteiger partial charge in [-0.3, -0.25) is 9.59 Å². The standard InChI is InChI=1S/C19H17F3N2O5/c1-17-11(7-25)14(26)18(2,29-17)13-12(17)15(27)24(16(13)28)9-4-3-8(6-23)10(5-9)19(20,21)22/h3-5,11-14,25-26H,7H2,1-2H3/t11-,12+,13?,14-,17?,18?/m1/s1. The normalized spacial score (nSPS) is 38.5. The van der Waals surface area contributed by atoms with Crippen molar-refractivity contribution in [3.05, 3.63) is 29.3 Å². The molecule has 7 nitrogen and oxygen atoms in total. The number of aliphatic hydroxyl groups excluding tert-OH is 2. The molecule has 10 heteroatoms. The Labute approximate surface area is 163 Å². The second-order valence-corrected chi connectivity index (χ2v) is 8.01. The van der Waals surface area contributed by atoms with Crippen LogP contribution in [0.1, 0.15) is 25.0 Å². The Balaban J connectivity index is 1.82. The average molecular weight is 410 g/mol. The molecule has 3 aliphatic rings. The van der Waals surface area contributed by atoms with E-state index in [-0.39, 0.29) is 5.69 Å². The van der Waals surface area contributed by atoms with Crippen LogP contribution in [-0.2, 0) is 20.5 Å². The maximum atomic E-state index is 13.3. The van der Waals surface area contributed by atoms with Crippen LogP contribution in [0.25, 0.3) is 0 Å². The van der Waals surface area contributed by atoms with E-state index in [9.17, 15) is 33.0 Å². The Hall–Kier alpha value is -2.48. The summed E-state index contributed by atoms with van der Waals surface area (Å²) in [6, 6.07) is 4.07. The van der Waals surface area contributed by atoms with Crippen molar-refractivity contribution in [3.63, 3.8) is 0 Å². The first-order chi connectivity index (χ1) is 13.4. The molecule has 2 bridgehead atoms. The lowest BCUT2D eigenvalue weighted by molar-refractivity contribution is -0.138. The van der Waals surface area contributed by atoms with Crippen molar-refractivity contribution in [1.82, 2.24) is 0 Å². The summed E-state index contributed by atoms with van der Waals surface area (Å²) in [7, 11) is 0. The zero-order valence-corrected chi connectivity index (χ0v) is 15.4. The fourth-order valence-corrected chi connectivity index (χ4v) is 5.23. The Morgan fingerprint density at radius 3 is 2.31 bits per heavy atom. The van der Waals surface area contributed by atoms with Gasteiger partial charge in [0.25, 0.3) is 0 Å². The van der Waals surface area contributed by atoms with Gasteiger partial charge in [0.15, 0.2) is 0 Å². The van der Waals surface area contributed by atoms with Crippen LogP contribution in [0.5, 0.6) is 0 Å². The van der Waals surface area contributed by atoms with Gasteiger partial charge in [0.1, 0.15) is 5.60 Å². The number of amides is 2. The van der Waals surface area contributed by atoms with E-state index in [0.29, 0.717) is 11.0 Å². The Morgan fingerprint density at radius 1 is 1.21 bits per heavy atom. The Bertz CT molecular complexity index is 974. The van der Waals surface area contributed by atoms with Gasteiger partial charge < -0.3 is 14.9 Å². The SMILES string of the molecule is CC12OC(C)([C@@H]3C(=O)N(c4ccc(C#N)c(C(F)(F)F)c4)C(=O)C31)[C@H](CO)[C@H]2O. The van der Waals surface area contributed by atoms with Gasteiger partial charge in [-0.25, -0.2) is 4.90 Å². The summed E-state index contributed by atoms with van der Waals surface area (Å²) in [4.78, 5) is 26.9. The zero-order chi connectivity index (χ0) is 21.5. The van der Waals surface area contributed by atoms with Crippen molar-refractivity contribution in [2.45, 2.75) is 37.3 Å². The molecule has 2 N–H and O–H groups in total. The molecular weight excluding hydrogens is 393 g/mol. The number of anilines is 1. The number of carbonyl (C=O) groups is 2. The lowest BCUT2D eigenvalue weighted by Gasteiger charge is -2.37. The first kappa shape index (κ1) is 19.8. The molecule has 0 aromatic heterocycles. The second-order valence-electron chi connectivity index (χ2n) is 8.01. The van der Waals surface area contributed by atoms with Gasteiger partial charge in [-0.05, 0) is 32.0 Å². The van der Waals surface area contributed by atoms with E-state index < -0.39 is 70.8 Å². The van der Waals surface area contributed by atoms with Crippen molar-refractivity contribution >= 4 is 17.5 Å². The van der Waals surface area contributed by atoms with Crippen LogP contribution in [0.15, 0.2) is 18.2 Å². The Morgan fingerprint density at radius 2 is 1.79 bits per heavy atom. The molecule has 3 fully saturated rings. The minimum Gasteiger partial charge on any atom is -0.396 e. The third-order valence-corrected chi connectivity index (χ3v) is 6.57. The van der Waals surface area contributed by atoms with Gasteiger partial charge in [-0.2, -0.15) is 18.4 Å². The molecule has 2 amide bonds. The van der Waals surface area contributed by atoms with Crippen LogP contribution in [0.4, 0.5) is 18.9 Å². The summed E-state index contributed by atoms with van der Waals surface area (Å²) in [6.45, 7) is 2.50. The fraction of sp³-hybridized carbons (Fsp3) is 0.526.